The number of fused-ring (bicyclic) bond motifs is 1. The Morgan fingerprint density at radius 3 is 2.39 bits per heavy atom. The molecule has 1 N–H and O–H groups in total. The monoisotopic (exact) mass is 323 g/mol. The number of phenols is 1. The second kappa shape index (κ2) is 5.42. The molecule has 0 atom stereocenters. The first-order valence-corrected chi connectivity index (χ1v) is 6.47. The molecule has 23 heavy (non-hydrogen) atoms. The highest BCUT2D eigenvalue weighted by Crippen LogP contribution is 2.35. The average Bonchev–Trinajstić information content (AvgIpc) is 2.49. The number of aromatic hydroxyl groups is 1. The lowest BCUT2D eigenvalue weighted by Gasteiger charge is -2.11. The van der Waals surface area contributed by atoms with Crippen LogP contribution < -0.4 is 4.74 Å². The van der Waals surface area contributed by atoms with Crippen LogP contribution in [0.25, 0.3) is 10.8 Å². The van der Waals surface area contributed by atoms with Gasteiger partial charge in [0.05, 0.1) is 5.56 Å². The molecule has 0 bridgehead atoms. The van der Waals surface area contributed by atoms with E-state index in [1.807, 2.05) is 0 Å². The number of pyridine rings is 1. The number of nitrogens with zero attached hydrogens (tertiary/aromatic N) is 1. The van der Waals surface area contributed by atoms with Crippen molar-refractivity contribution < 1.29 is 27.4 Å². The molecule has 118 valence electrons. The van der Waals surface area contributed by atoms with Gasteiger partial charge < -0.3 is 9.84 Å². The number of hydrogen-bond acceptors (Lipinski definition) is 3. The smallest absolute Gasteiger partial charge is 0.417 e. The van der Waals surface area contributed by atoms with Crippen LogP contribution in [0.5, 0.6) is 17.4 Å². The molecule has 1 heterocycles. The van der Waals surface area contributed by atoms with Crippen molar-refractivity contribution >= 4 is 10.8 Å². The van der Waals surface area contributed by atoms with Gasteiger partial charge in [-0.1, -0.05) is 24.3 Å². The third kappa shape index (κ3) is 2.90. The number of rotatable bonds is 2. The van der Waals surface area contributed by atoms with Crippen LogP contribution in [0.4, 0.5) is 17.6 Å². The van der Waals surface area contributed by atoms with Gasteiger partial charge in [0.2, 0.25) is 0 Å². The number of alkyl halides is 3. The van der Waals surface area contributed by atoms with Crippen LogP contribution in [0.2, 0.25) is 0 Å². The Bertz CT molecular complexity index is 878. The van der Waals surface area contributed by atoms with Crippen LogP contribution in [0.3, 0.4) is 0 Å². The van der Waals surface area contributed by atoms with Gasteiger partial charge in [0.15, 0.2) is 5.82 Å². The molecule has 2 aromatic carbocycles. The molecular weight excluding hydrogens is 314 g/mol. The van der Waals surface area contributed by atoms with Gasteiger partial charge in [-0.3, -0.25) is 0 Å². The molecule has 0 spiro atoms. The summed E-state index contributed by atoms with van der Waals surface area (Å²) in [6.45, 7) is 0. The van der Waals surface area contributed by atoms with Crippen molar-refractivity contribution in [1.29, 1.82) is 0 Å². The molecule has 3 rings (SSSR count). The zero-order valence-electron chi connectivity index (χ0n) is 11.4. The van der Waals surface area contributed by atoms with Crippen LogP contribution in [0, 0.1) is 5.82 Å². The topological polar surface area (TPSA) is 42.4 Å². The maximum absolute atomic E-state index is 13.8. The van der Waals surface area contributed by atoms with Gasteiger partial charge >= 0.3 is 6.18 Å². The molecule has 0 saturated carbocycles. The molecule has 0 fully saturated rings. The largest absolute Gasteiger partial charge is 0.507 e. The minimum atomic E-state index is -4.68. The van der Waals surface area contributed by atoms with Crippen molar-refractivity contribution in [2.75, 3.05) is 0 Å². The Morgan fingerprint density at radius 1 is 1.00 bits per heavy atom. The summed E-state index contributed by atoms with van der Waals surface area (Å²) in [7, 11) is 0. The van der Waals surface area contributed by atoms with Crippen molar-refractivity contribution in [3.8, 4) is 17.4 Å². The number of aromatic nitrogens is 1. The minimum Gasteiger partial charge on any atom is -0.507 e. The molecule has 0 radical (unpaired) electrons. The maximum atomic E-state index is 13.8. The van der Waals surface area contributed by atoms with Gasteiger partial charge in [0.25, 0.3) is 5.88 Å². The van der Waals surface area contributed by atoms with E-state index in [0.29, 0.717) is 23.0 Å². The van der Waals surface area contributed by atoms with Crippen LogP contribution in [-0.2, 0) is 6.18 Å². The standard InChI is InChI=1S/C16H9F4NO2/c17-12-7-9(16(18,19)20)8-21-15(12)23-14-6-2-3-10-11(14)4-1-5-13(10)22/h1-8,22H. The van der Waals surface area contributed by atoms with E-state index in [4.69, 9.17) is 4.74 Å². The summed E-state index contributed by atoms with van der Waals surface area (Å²) >= 11 is 0. The number of ether oxygens (including phenoxy) is 1. The molecule has 0 aliphatic heterocycles. The molecule has 0 aliphatic rings. The van der Waals surface area contributed by atoms with Crippen molar-refractivity contribution in [1.82, 2.24) is 4.98 Å². The summed E-state index contributed by atoms with van der Waals surface area (Å²) in [5.41, 5.74) is -1.20. The highest BCUT2D eigenvalue weighted by Gasteiger charge is 2.32. The molecule has 0 saturated heterocycles. The minimum absolute atomic E-state index is 0.00815. The Balaban J connectivity index is 2.02. The van der Waals surface area contributed by atoms with E-state index in [2.05, 4.69) is 4.98 Å². The van der Waals surface area contributed by atoms with E-state index in [9.17, 15) is 22.7 Å². The molecule has 3 nitrogen and oxygen atoms in total. The van der Waals surface area contributed by atoms with E-state index in [0.717, 1.165) is 0 Å². The highest BCUT2D eigenvalue weighted by atomic mass is 19.4. The Morgan fingerprint density at radius 2 is 1.70 bits per heavy atom. The van der Waals surface area contributed by atoms with E-state index in [1.54, 1.807) is 24.3 Å². The number of benzene rings is 2. The first-order chi connectivity index (χ1) is 10.9. The molecule has 3 aromatic rings. The van der Waals surface area contributed by atoms with Crippen LogP contribution in [0.15, 0.2) is 48.7 Å². The third-order valence-corrected chi connectivity index (χ3v) is 3.20. The van der Waals surface area contributed by atoms with E-state index < -0.39 is 23.4 Å². The van der Waals surface area contributed by atoms with E-state index >= 15 is 0 Å². The molecular formula is C16H9F4NO2. The predicted molar refractivity (Wildman–Crippen MR) is 74.9 cm³/mol. The molecule has 7 heteroatoms. The van der Waals surface area contributed by atoms with E-state index in [1.165, 1.54) is 12.1 Å². The van der Waals surface area contributed by atoms with Gasteiger partial charge in [0, 0.05) is 17.0 Å². The van der Waals surface area contributed by atoms with Crippen LogP contribution in [-0.4, -0.2) is 10.1 Å². The SMILES string of the molecule is Oc1cccc2c(Oc3ncc(C(F)(F)F)cc3F)cccc12. The van der Waals surface area contributed by atoms with Crippen molar-refractivity contribution in [3.63, 3.8) is 0 Å². The number of phenolic OH excluding ortho intramolecular Hbond substituents is 1. The Labute approximate surface area is 127 Å². The summed E-state index contributed by atoms with van der Waals surface area (Å²) in [5, 5.41) is 10.7. The zero-order chi connectivity index (χ0) is 16.6. The number of halogens is 4. The Hall–Kier alpha value is -2.83. The van der Waals surface area contributed by atoms with Crippen LogP contribution >= 0.6 is 0 Å². The normalized spacial score (nSPS) is 11.7. The predicted octanol–water partition coefficient (Wildman–Crippen LogP) is 4.89. The van der Waals surface area contributed by atoms with Crippen LogP contribution in [0.1, 0.15) is 5.56 Å². The Kier molecular flexibility index (Phi) is 3.55. The first kappa shape index (κ1) is 15.1. The second-order valence-electron chi connectivity index (χ2n) is 4.74. The quantitative estimate of drug-likeness (QED) is 0.683. The number of hydrogen-bond donors (Lipinski definition) is 1. The van der Waals surface area contributed by atoms with E-state index in [-0.39, 0.29) is 11.5 Å². The summed E-state index contributed by atoms with van der Waals surface area (Å²) in [5.74, 6) is -1.62. The average molecular weight is 323 g/mol. The van der Waals surface area contributed by atoms with Crippen molar-refractivity contribution in [2.45, 2.75) is 6.18 Å². The lowest BCUT2D eigenvalue weighted by atomic mass is 10.1. The van der Waals surface area contributed by atoms with Gasteiger partial charge in [-0.05, 0) is 18.2 Å². The molecule has 1 aromatic heterocycles. The molecule has 0 aliphatic carbocycles. The summed E-state index contributed by atoms with van der Waals surface area (Å²) < 4.78 is 56.6. The first-order valence-electron chi connectivity index (χ1n) is 6.47. The highest BCUT2D eigenvalue weighted by molar-refractivity contribution is 5.92. The molecule has 0 amide bonds. The fourth-order valence-electron chi connectivity index (χ4n) is 2.11. The van der Waals surface area contributed by atoms with Gasteiger partial charge in [0.1, 0.15) is 11.5 Å². The lowest BCUT2D eigenvalue weighted by molar-refractivity contribution is -0.138. The second-order valence-corrected chi connectivity index (χ2v) is 4.74. The summed E-state index contributed by atoms with van der Waals surface area (Å²) in [6.07, 6.45) is -4.18. The van der Waals surface area contributed by atoms with Crippen molar-refractivity contribution in [2.24, 2.45) is 0 Å². The summed E-state index contributed by atoms with van der Waals surface area (Å²) in [6, 6.07) is 9.70. The zero-order valence-corrected chi connectivity index (χ0v) is 11.4. The lowest BCUT2D eigenvalue weighted by Crippen LogP contribution is -2.06. The maximum Gasteiger partial charge on any atom is 0.417 e. The van der Waals surface area contributed by atoms with Gasteiger partial charge in [-0.15, -0.1) is 0 Å². The van der Waals surface area contributed by atoms with Gasteiger partial charge in [-0.2, -0.15) is 13.2 Å². The van der Waals surface area contributed by atoms with Gasteiger partial charge in [-0.25, -0.2) is 9.37 Å². The summed E-state index contributed by atoms with van der Waals surface area (Å²) in [4.78, 5) is 3.39. The fraction of sp³-hybridized carbons (Fsp3) is 0.0625. The third-order valence-electron chi connectivity index (χ3n) is 3.20. The molecule has 0 unspecified atom stereocenters. The fourth-order valence-corrected chi connectivity index (χ4v) is 2.11. The van der Waals surface area contributed by atoms with Crippen molar-refractivity contribution in [3.05, 3.63) is 60.0 Å².